The molecule has 2 aromatic heterocycles. The van der Waals surface area contributed by atoms with E-state index in [0.29, 0.717) is 24.6 Å². The first-order valence-corrected chi connectivity index (χ1v) is 9.45. The molecule has 1 unspecified atom stereocenters. The van der Waals surface area contributed by atoms with Gasteiger partial charge in [-0.1, -0.05) is 30.3 Å². The molecule has 0 aliphatic rings. The van der Waals surface area contributed by atoms with Crippen molar-refractivity contribution in [1.29, 1.82) is 0 Å². The zero-order valence-corrected chi connectivity index (χ0v) is 15.8. The van der Waals surface area contributed by atoms with Crippen LogP contribution in [0, 0.1) is 0 Å². The summed E-state index contributed by atoms with van der Waals surface area (Å²) in [6, 6.07) is 6.69. The van der Waals surface area contributed by atoms with E-state index in [-0.39, 0.29) is 18.7 Å². The minimum absolute atomic E-state index is 0.198. The summed E-state index contributed by atoms with van der Waals surface area (Å²) in [5.41, 5.74) is 1.80. The molecule has 0 aliphatic heterocycles. The zero-order valence-electron chi connectivity index (χ0n) is 15.8. The van der Waals surface area contributed by atoms with E-state index in [1.54, 1.807) is 6.20 Å². The first kappa shape index (κ1) is 19.6. The lowest BCUT2D eigenvalue weighted by Crippen LogP contribution is -2.42. The fourth-order valence-corrected chi connectivity index (χ4v) is 3.10. The van der Waals surface area contributed by atoms with Crippen LogP contribution >= 0.6 is 0 Å². The maximum Gasteiger partial charge on any atom is 0.326 e. The molecule has 2 heterocycles. The Balaban J connectivity index is 1.52. The summed E-state index contributed by atoms with van der Waals surface area (Å²) in [7, 11) is 0. The normalized spacial score (nSPS) is 12.2. The molecule has 3 aromatic rings. The van der Waals surface area contributed by atoms with Crippen molar-refractivity contribution >= 4 is 22.8 Å². The van der Waals surface area contributed by atoms with Crippen molar-refractivity contribution in [2.45, 2.75) is 51.5 Å². The van der Waals surface area contributed by atoms with Crippen LogP contribution in [0.15, 0.2) is 35.0 Å². The first-order valence-electron chi connectivity index (χ1n) is 9.45. The number of fused-ring (bicyclic) bond motifs is 1. The van der Waals surface area contributed by atoms with Crippen molar-refractivity contribution in [3.63, 3.8) is 0 Å². The summed E-state index contributed by atoms with van der Waals surface area (Å²) in [6.45, 7) is 2.04. The number of nitrogens with zero attached hydrogens (tertiary/aromatic N) is 2. The van der Waals surface area contributed by atoms with Crippen molar-refractivity contribution < 1.29 is 19.2 Å². The second kappa shape index (κ2) is 9.16. The molecule has 1 amide bonds. The lowest BCUT2D eigenvalue weighted by molar-refractivity contribution is -0.141. The molecule has 0 spiro atoms. The van der Waals surface area contributed by atoms with Gasteiger partial charge in [0, 0.05) is 42.8 Å². The third-order valence-electron chi connectivity index (χ3n) is 4.51. The first-order chi connectivity index (χ1) is 13.6. The van der Waals surface area contributed by atoms with Crippen LogP contribution in [0.2, 0.25) is 0 Å². The Morgan fingerprint density at radius 3 is 2.89 bits per heavy atom. The second-order valence-electron chi connectivity index (χ2n) is 6.73. The molecule has 3 rings (SSSR count). The van der Waals surface area contributed by atoms with E-state index in [4.69, 9.17) is 4.52 Å². The molecule has 0 saturated carbocycles. The van der Waals surface area contributed by atoms with Crippen LogP contribution in [0.3, 0.4) is 0 Å². The number of H-pyrrole nitrogens is 1. The zero-order chi connectivity index (χ0) is 19.9. The van der Waals surface area contributed by atoms with E-state index < -0.39 is 12.0 Å². The lowest BCUT2D eigenvalue weighted by Gasteiger charge is -2.14. The van der Waals surface area contributed by atoms with E-state index >= 15 is 0 Å². The number of hydrogen-bond donors (Lipinski definition) is 3. The fraction of sp³-hybridized carbons (Fsp3) is 0.400. The third kappa shape index (κ3) is 4.97. The van der Waals surface area contributed by atoms with Crippen LogP contribution in [-0.2, 0) is 28.9 Å². The molecule has 8 nitrogen and oxygen atoms in total. The Morgan fingerprint density at radius 1 is 1.29 bits per heavy atom. The van der Waals surface area contributed by atoms with Crippen molar-refractivity contribution in [1.82, 2.24) is 20.4 Å². The van der Waals surface area contributed by atoms with Crippen LogP contribution in [0.5, 0.6) is 0 Å². The van der Waals surface area contributed by atoms with Crippen LogP contribution in [-0.4, -0.2) is 38.1 Å². The van der Waals surface area contributed by atoms with Gasteiger partial charge in [0.2, 0.25) is 11.8 Å². The lowest BCUT2D eigenvalue weighted by atomic mass is 10.0. The summed E-state index contributed by atoms with van der Waals surface area (Å²) >= 11 is 0. The van der Waals surface area contributed by atoms with Crippen LogP contribution in [0.4, 0.5) is 0 Å². The predicted molar refractivity (Wildman–Crippen MR) is 103 cm³/mol. The van der Waals surface area contributed by atoms with E-state index in [1.165, 1.54) is 0 Å². The van der Waals surface area contributed by atoms with Gasteiger partial charge in [-0.05, 0) is 24.5 Å². The molecule has 0 fully saturated rings. The van der Waals surface area contributed by atoms with Crippen LogP contribution in [0.1, 0.15) is 43.5 Å². The average molecular weight is 384 g/mol. The standard InChI is InChI=1S/C20H24N4O4/c1-2-6-17-23-19(28-24-17)10-5-9-18(25)22-16(20(26)27)11-13-12-21-15-8-4-3-7-14(13)15/h3-4,7-8,12,16,21H,2,5-6,9-11H2,1H3,(H,22,25)(H,26,27). The average Bonchev–Trinajstić information content (AvgIpc) is 3.29. The molecule has 3 N–H and O–H groups in total. The van der Waals surface area contributed by atoms with Gasteiger partial charge in [0.15, 0.2) is 5.82 Å². The van der Waals surface area contributed by atoms with E-state index in [0.717, 1.165) is 29.3 Å². The van der Waals surface area contributed by atoms with Crippen LogP contribution in [0.25, 0.3) is 10.9 Å². The number of amides is 1. The van der Waals surface area contributed by atoms with E-state index in [1.807, 2.05) is 31.2 Å². The monoisotopic (exact) mass is 384 g/mol. The molecule has 28 heavy (non-hydrogen) atoms. The Hall–Kier alpha value is -3.16. The highest BCUT2D eigenvalue weighted by Gasteiger charge is 2.21. The second-order valence-corrected chi connectivity index (χ2v) is 6.73. The number of aromatic nitrogens is 3. The SMILES string of the molecule is CCCc1noc(CCCC(=O)NC(Cc2c[nH]c3ccccc23)C(=O)O)n1. The van der Waals surface area contributed by atoms with Gasteiger partial charge < -0.3 is 19.9 Å². The number of benzene rings is 1. The topological polar surface area (TPSA) is 121 Å². The number of nitrogens with one attached hydrogen (secondary N) is 2. The predicted octanol–water partition coefficient (Wildman–Crippen LogP) is 2.64. The Kier molecular flexibility index (Phi) is 6.41. The van der Waals surface area contributed by atoms with Gasteiger partial charge in [0.25, 0.3) is 0 Å². The third-order valence-corrected chi connectivity index (χ3v) is 4.51. The number of carbonyl (C=O) groups excluding carboxylic acids is 1. The highest BCUT2D eigenvalue weighted by atomic mass is 16.5. The Labute approximate surface area is 162 Å². The molecule has 1 atom stereocenters. The smallest absolute Gasteiger partial charge is 0.326 e. The molecular formula is C20H24N4O4. The molecular weight excluding hydrogens is 360 g/mol. The number of carboxylic acid groups (broad SMARTS) is 1. The maximum absolute atomic E-state index is 12.2. The van der Waals surface area contributed by atoms with Gasteiger partial charge in [0.05, 0.1) is 0 Å². The van der Waals surface area contributed by atoms with Crippen LogP contribution < -0.4 is 5.32 Å². The number of hydrogen-bond acceptors (Lipinski definition) is 5. The molecule has 0 saturated heterocycles. The summed E-state index contributed by atoms with van der Waals surface area (Å²) in [5.74, 6) is -0.184. The van der Waals surface area contributed by atoms with Crippen molar-refractivity contribution in [2.75, 3.05) is 0 Å². The number of rotatable bonds is 10. The summed E-state index contributed by atoms with van der Waals surface area (Å²) in [6.07, 6.45) is 4.91. The minimum atomic E-state index is -1.06. The van der Waals surface area contributed by atoms with Crippen molar-refractivity contribution in [2.24, 2.45) is 0 Å². The van der Waals surface area contributed by atoms with Gasteiger partial charge >= 0.3 is 5.97 Å². The van der Waals surface area contributed by atoms with Crippen molar-refractivity contribution in [3.05, 3.63) is 47.7 Å². The molecule has 0 aliphatic carbocycles. The highest BCUT2D eigenvalue weighted by Crippen LogP contribution is 2.19. The van der Waals surface area contributed by atoms with E-state index in [9.17, 15) is 14.7 Å². The van der Waals surface area contributed by atoms with Gasteiger partial charge in [-0.2, -0.15) is 4.98 Å². The van der Waals surface area contributed by atoms with Gasteiger partial charge in [-0.15, -0.1) is 0 Å². The van der Waals surface area contributed by atoms with Gasteiger partial charge in [-0.3, -0.25) is 4.79 Å². The molecule has 0 radical (unpaired) electrons. The largest absolute Gasteiger partial charge is 0.480 e. The summed E-state index contributed by atoms with van der Waals surface area (Å²) in [4.78, 5) is 31.2. The quantitative estimate of drug-likeness (QED) is 0.494. The molecule has 8 heteroatoms. The fourth-order valence-electron chi connectivity index (χ4n) is 3.10. The minimum Gasteiger partial charge on any atom is -0.480 e. The molecule has 0 bridgehead atoms. The van der Waals surface area contributed by atoms with Gasteiger partial charge in [0.1, 0.15) is 6.04 Å². The van der Waals surface area contributed by atoms with Crippen molar-refractivity contribution in [3.8, 4) is 0 Å². The Bertz CT molecular complexity index is 946. The molecule has 148 valence electrons. The summed E-state index contributed by atoms with van der Waals surface area (Å²) in [5, 5.41) is 16.9. The number of para-hydroxylation sites is 1. The number of carbonyl (C=O) groups is 2. The number of carboxylic acids is 1. The van der Waals surface area contributed by atoms with E-state index in [2.05, 4.69) is 20.4 Å². The number of aromatic amines is 1. The van der Waals surface area contributed by atoms with Gasteiger partial charge in [-0.25, -0.2) is 4.79 Å². The number of aryl methyl sites for hydroxylation is 2. The Morgan fingerprint density at radius 2 is 2.11 bits per heavy atom. The highest BCUT2D eigenvalue weighted by molar-refractivity contribution is 5.86. The maximum atomic E-state index is 12.2. The summed E-state index contributed by atoms with van der Waals surface area (Å²) < 4.78 is 5.14. The number of aliphatic carboxylic acids is 1. The molecule has 1 aromatic carbocycles.